The van der Waals surface area contributed by atoms with Crippen molar-refractivity contribution >= 4 is 0 Å². The third-order valence-electron chi connectivity index (χ3n) is 4.54. The molecular weight excluding hydrogens is 336 g/mol. The van der Waals surface area contributed by atoms with Crippen molar-refractivity contribution < 1.29 is 9.47 Å². The zero-order chi connectivity index (χ0) is 19.2. The van der Waals surface area contributed by atoms with E-state index in [2.05, 4.69) is 24.3 Å². The maximum Gasteiger partial charge on any atom is 0.119 e. The summed E-state index contributed by atoms with van der Waals surface area (Å²) >= 11 is 0. The second-order valence-corrected chi connectivity index (χ2v) is 6.83. The highest BCUT2D eigenvalue weighted by atomic mass is 16.5. The smallest absolute Gasteiger partial charge is 0.119 e. The van der Waals surface area contributed by atoms with Gasteiger partial charge < -0.3 is 20.9 Å². The van der Waals surface area contributed by atoms with Crippen LogP contribution in [0.25, 0.3) is 0 Å². The van der Waals surface area contributed by atoms with Gasteiger partial charge in [0, 0.05) is 0 Å². The lowest BCUT2D eigenvalue weighted by molar-refractivity contribution is 0.293. The van der Waals surface area contributed by atoms with Crippen LogP contribution in [0.3, 0.4) is 0 Å². The van der Waals surface area contributed by atoms with Crippen LogP contribution in [0.5, 0.6) is 11.5 Å². The summed E-state index contributed by atoms with van der Waals surface area (Å²) in [4.78, 5) is 0. The Morgan fingerprint density at radius 1 is 0.519 bits per heavy atom. The van der Waals surface area contributed by atoms with Crippen LogP contribution in [-0.2, 0) is 12.8 Å². The van der Waals surface area contributed by atoms with Gasteiger partial charge in [-0.1, -0.05) is 43.5 Å². The van der Waals surface area contributed by atoms with Crippen molar-refractivity contribution in [3.05, 3.63) is 59.7 Å². The molecule has 0 radical (unpaired) electrons. The molecule has 27 heavy (non-hydrogen) atoms. The van der Waals surface area contributed by atoms with Crippen LogP contribution >= 0.6 is 0 Å². The molecule has 2 rings (SSSR count). The molecule has 2 aromatic rings. The first-order valence-corrected chi connectivity index (χ1v) is 10.2. The number of ether oxygens (including phenoxy) is 2. The van der Waals surface area contributed by atoms with Gasteiger partial charge in [0.05, 0.1) is 13.2 Å². The molecule has 4 N–H and O–H groups in total. The first kappa shape index (κ1) is 21.3. The lowest BCUT2D eigenvalue weighted by atomic mass is 10.1. The summed E-state index contributed by atoms with van der Waals surface area (Å²) in [6, 6.07) is 16.5. The molecule has 0 spiro atoms. The molecule has 4 nitrogen and oxygen atoms in total. The zero-order valence-corrected chi connectivity index (χ0v) is 16.4. The molecule has 0 fully saturated rings. The number of benzene rings is 2. The Balaban J connectivity index is 1.45. The van der Waals surface area contributed by atoms with E-state index in [4.69, 9.17) is 20.9 Å². The summed E-state index contributed by atoms with van der Waals surface area (Å²) < 4.78 is 11.6. The van der Waals surface area contributed by atoms with E-state index in [9.17, 15) is 0 Å². The molecule has 0 unspecified atom stereocenters. The standard InChI is InChI=1S/C23H34N2O2/c24-16-14-20-6-10-22(11-7-20)26-18-4-2-1-3-5-19-27-23-12-8-21(9-13-23)15-17-25/h6-13H,1-5,14-19,24-25H2. The quantitative estimate of drug-likeness (QED) is 0.491. The number of hydrogen-bond acceptors (Lipinski definition) is 4. The van der Waals surface area contributed by atoms with Gasteiger partial charge in [0.1, 0.15) is 11.5 Å². The van der Waals surface area contributed by atoms with E-state index in [-0.39, 0.29) is 0 Å². The molecule has 4 heteroatoms. The van der Waals surface area contributed by atoms with Crippen molar-refractivity contribution in [1.82, 2.24) is 0 Å². The van der Waals surface area contributed by atoms with E-state index in [1.807, 2.05) is 24.3 Å². The van der Waals surface area contributed by atoms with Gasteiger partial charge >= 0.3 is 0 Å². The number of hydrogen-bond donors (Lipinski definition) is 2. The molecule has 2 aromatic carbocycles. The van der Waals surface area contributed by atoms with Gasteiger partial charge in [-0.25, -0.2) is 0 Å². The summed E-state index contributed by atoms with van der Waals surface area (Å²) in [5.41, 5.74) is 13.6. The highest BCUT2D eigenvalue weighted by molar-refractivity contribution is 5.28. The van der Waals surface area contributed by atoms with E-state index in [1.165, 1.54) is 30.4 Å². The summed E-state index contributed by atoms with van der Waals surface area (Å²) in [6.45, 7) is 2.93. The predicted octanol–water partition coefficient (Wildman–Crippen LogP) is 4.10. The number of nitrogens with two attached hydrogens (primary N) is 2. The van der Waals surface area contributed by atoms with E-state index >= 15 is 0 Å². The molecule has 0 aliphatic rings. The molecule has 0 heterocycles. The fourth-order valence-corrected chi connectivity index (χ4v) is 2.95. The van der Waals surface area contributed by atoms with Gasteiger partial charge in [-0.15, -0.1) is 0 Å². The second kappa shape index (κ2) is 13.2. The number of rotatable bonds is 14. The van der Waals surface area contributed by atoms with Crippen molar-refractivity contribution in [2.45, 2.75) is 44.9 Å². The van der Waals surface area contributed by atoms with Crippen molar-refractivity contribution in [3.8, 4) is 11.5 Å². The average molecular weight is 371 g/mol. The molecule has 148 valence electrons. The monoisotopic (exact) mass is 370 g/mol. The fraction of sp³-hybridized carbons (Fsp3) is 0.478. The molecule has 0 aliphatic carbocycles. The van der Waals surface area contributed by atoms with Gasteiger partial charge in [0.2, 0.25) is 0 Å². The van der Waals surface area contributed by atoms with Crippen molar-refractivity contribution in [2.24, 2.45) is 11.5 Å². The summed E-state index contributed by atoms with van der Waals surface area (Å²) in [6.07, 6.45) is 7.63. The van der Waals surface area contributed by atoms with Crippen molar-refractivity contribution in [2.75, 3.05) is 26.3 Å². The molecule has 0 saturated carbocycles. The first-order valence-electron chi connectivity index (χ1n) is 10.2. The topological polar surface area (TPSA) is 70.5 Å². The Morgan fingerprint density at radius 3 is 1.26 bits per heavy atom. The minimum atomic E-state index is 0.687. The van der Waals surface area contributed by atoms with Crippen LogP contribution < -0.4 is 20.9 Å². The Bertz CT molecular complexity index is 556. The molecule has 0 atom stereocenters. The maximum absolute atomic E-state index is 5.79. The Labute approximate surface area is 163 Å². The summed E-state index contributed by atoms with van der Waals surface area (Å²) in [5, 5.41) is 0. The lowest BCUT2D eigenvalue weighted by Crippen LogP contribution is -2.03. The minimum Gasteiger partial charge on any atom is -0.494 e. The van der Waals surface area contributed by atoms with Crippen LogP contribution in [0.2, 0.25) is 0 Å². The van der Waals surface area contributed by atoms with Crippen molar-refractivity contribution in [1.29, 1.82) is 0 Å². The SMILES string of the molecule is NCCc1ccc(OCCCCCCCOc2ccc(CCN)cc2)cc1. The van der Waals surface area contributed by atoms with Crippen LogP contribution in [0.15, 0.2) is 48.5 Å². The molecule has 0 aromatic heterocycles. The van der Waals surface area contributed by atoms with E-state index in [1.54, 1.807) is 0 Å². The van der Waals surface area contributed by atoms with Crippen LogP contribution in [0.4, 0.5) is 0 Å². The van der Waals surface area contributed by atoms with Gasteiger partial charge in [-0.05, 0) is 74.2 Å². The average Bonchev–Trinajstić information content (AvgIpc) is 2.69. The van der Waals surface area contributed by atoms with Gasteiger partial charge in [0.25, 0.3) is 0 Å². The van der Waals surface area contributed by atoms with Crippen LogP contribution in [-0.4, -0.2) is 26.3 Å². The molecule has 0 aliphatic heterocycles. The Kier molecular flexibility index (Phi) is 10.4. The molecular formula is C23H34N2O2. The van der Waals surface area contributed by atoms with E-state index < -0.39 is 0 Å². The number of unbranched alkanes of at least 4 members (excludes halogenated alkanes) is 4. The maximum atomic E-state index is 5.79. The normalized spacial score (nSPS) is 10.7. The highest BCUT2D eigenvalue weighted by Gasteiger charge is 1.98. The molecule has 0 bridgehead atoms. The predicted molar refractivity (Wildman–Crippen MR) is 112 cm³/mol. The second-order valence-electron chi connectivity index (χ2n) is 6.83. The van der Waals surface area contributed by atoms with E-state index in [0.717, 1.165) is 50.4 Å². The van der Waals surface area contributed by atoms with Gasteiger partial charge in [0.15, 0.2) is 0 Å². The summed E-state index contributed by atoms with van der Waals surface area (Å²) in [7, 11) is 0. The van der Waals surface area contributed by atoms with Crippen molar-refractivity contribution in [3.63, 3.8) is 0 Å². The zero-order valence-electron chi connectivity index (χ0n) is 16.4. The van der Waals surface area contributed by atoms with E-state index in [0.29, 0.717) is 13.1 Å². The summed E-state index contributed by atoms with van der Waals surface area (Å²) in [5.74, 6) is 1.89. The Morgan fingerprint density at radius 2 is 0.889 bits per heavy atom. The van der Waals surface area contributed by atoms with Crippen LogP contribution in [0, 0.1) is 0 Å². The fourth-order valence-electron chi connectivity index (χ4n) is 2.95. The van der Waals surface area contributed by atoms with Gasteiger partial charge in [-0.2, -0.15) is 0 Å². The van der Waals surface area contributed by atoms with Crippen LogP contribution in [0.1, 0.15) is 43.2 Å². The molecule has 0 saturated heterocycles. The minimum absolute atomic E-state index is 0.687. The third-order valence-corrected chi connectivity index (χ3v) is 4.54. The third kappa shape index (κ3) is 8.94. The molecule has 0 amide bonds. The highest BCUT2D eigenvalue weighted by Crippen LogP contribution is 2.15. The van der Waals surface area contributed by atoms with Gasteiger partial charge in [-0.3, -0.25) is 0 Å². The Hall–Kier alpha value is -2.04. The largest absolute Gasteiger partial charge is 0.494 e. The first-order chi connectivity index (χ1) is 13.3. The lowest BCUT2D eigenvalue weighted by Gasteiger charge is -2.08.